The molecule has 0 aliphatic rings. The Morgan fingerprint density at radius 3 is 2.41 bits per heavy atom. The predicted octanol–water partition coefficient (Wildman–Crippen LogP) is 3.80. The van der Waals surface area contributed by atoms with Crippen LogP contribution < -0.4 is 5.32 Å². The molecular formula is C21H22N2O3S. The predicted molar refractivity (Wildman–Crippen MR) is 108 cm³/mol. The van der Waals surface area contributed by atoms with E-state index in [0.717, 1.165) is 16.3 Å². The van der Waals surface area contributed by atoms with Crippen molar-refractivity contribution in [3.63, 3.8) is 0 Å². The number of nitrogens with one attached hydrogen (secondary N) is 1. The highest BCUT2D eigenvalue weighted by atomic mass is 32.2. The van der Waals surface area contributed by atoms with Gasteiger partial charge in [0.1, 0.15) is 0 Å². The van der Waals surface area contributed by atoms with Gasteiger partial charge < -0.3 is 5.32 Å². The number of carbonyl (C=O) groups is 1. The quantitative estimate of drug-likeness (QED) is 0.705. The zero-order valence-electron chi connectivity index (χ0n) is 15.3. The minimum absolute atomic E-state index is 0.186. The van der Waals surface area contributed by atoms with Crippen molar-refractivity contribution in [2.45, 2.75) is 18.7 Å². The Hall–Kier alpha value is -2.70. The Kier molecular flexibility index (Phi) is 5.58. The van der Waals surface area contributed by atoms with E-state index in [4.69, 9.17) is 0 Å². The number of anilines is 1. The van der Waals surface area contributed by atoms with Crippen LogP contribution in [-0.4, -0.2) is 31.7 Å². The van der Waals surface area contributed by atoms with Crippen LogP contribution in [0.25, 0.3) is 10.8 Å². The molecule has 1 amide bonds. The van der Waals surface area contributed by atoms with E-state index in [2.05, 4.69) is 5.32 Å². The van der Waals surface area contributed by atoms with Gasteiger partial charge in [-0.05, 0) is 47.5 Å². The summed E-state index contributed by atoms with van der Waals surface area (Å²) in [6.07, 6.45) is 0. The average Bonchev–Trinajstić information content (AvgIpc) is 2.65. The summed E-state index contributed by atoms with van der Waals surface area (Å²) in [6.45, 7) is 3.62. The highest BCUT2D eigenvalue weighted by molar-refractivity contribution is 7.89. The smallest absolute Gasteiger partial charge is 0.243 e. The third kappa shape index (κ3) is 4.35. The molecule has 3 rings (SSSR count). The van der Waals surface area contributed by atoms with E-state index >= 15 is 0 Å². The van der Waals surface area contributed by atoms with E-state index < -0.39 is 10.0 Å². The molecule has 0 saturated carbocycles. The molecule has 3 aromatic carbocycles. The number of benzene rings is 3. The van der Waals surface area contributed by atoms with Crippen molar-refractivity contribution in [1.29, 1.82) is 0 Å². The second-order valence-corrected chi connectivity index (χ2v) is 8.30. The van der Waals surface area contributed by atoms with E-state index in [9.17, 15) is 13.2 Å². The minimum Gasteiger partial charge on any atom is -0.325 e. The Morgan fingerprint density at radius 2 is 1.70 bits per heavy atom. The number of nitrogens with zero attached hydrogens (tertiary/aromatic N) is 1. The zero-order valence-corrected chi connectivity index (χ0v) is 16.2. The van der Waals surface area contributed by atoms with E-state index in [1.807, 2.05) is 49.4 Å². The number of hydrogen-bond donors (Lipinski definition) is 1. The van der Waals surface area contributed by atoms with Crippen LogP contribution in [-0.2, 0) is 14.8 Å². The van der Waals surface area contributed by atoms with Crippen molar-refractivity contribution in [3.8, 4) is 0 Å². The number of carbonyl (C=O) groups excluding carboxylic acids is 1. The lowest BCUT2D eigenvalue weighted by Gasteiger charge is -2.20. The molecule has 0 bridgehead atoms. The van der Waals surface area contributed by atoms with E-state index in [1.54, 1.807) is 31.2 Å². The number of rotatable bonds is 6. The van der Waals surface area contributed by atoms with Gasteiger partial charge in [-0.15, -0.1) is 0 Å². The fourth-order valence-electron chi connectivity index (χ4n) is 2.93. The van der Waals surface area contributed by atoms with Crippen molar-refractivity contribution in [2.75, 3.05) is 18.4 Å². The van der Waals surface area contributed by atoms with E-state index in [1.165, 1.54) is 4.31 Å². The van der Waals surface area contributed by atoms with Gasteiger partial charge in [-0.3, -0.25) is 4.79 Å². The number of fused-ring (bicyclic) bond motifs is 1. The molecule has 0 spiro atoms. The molecule has 0 aliphatic carbocycles. The maximum atomic E-state index is 13.0. The van der Waals surface area contributed by atoms with Gasteiger partial charge in [0, 0.05) is 12.2 Å². The summed E-state index contributed by atoms with van der Waals surface area (Å²) in [7, 11) is -3.77. The summed E-state index contributed by atoms with van der Waals surface area (Å²) in [6, 6.07) is 20.0. The topological polar surface area (TPSA) is 66.5 Å². The largest absolute Gasteiger partial charge is 0.325 e. The molecule has 1 N–H and O–H groups in total. The van der Waals surface area contributed by atoms with Crippen molar-refractivity contribution < 1.29 is 13.2 Å². The highest BCUT2D eigenvalue weighted by Gasteiger charge is 2.25. The molecule has 27 heavy (non-hydrogen) atoms. The molecular weight excluding hydrogens is 360 g/mol. The second-order valence-electron chi connectivity index (χ2n) is 6.36. The molecule has 0 atom stereocenters. The molecule has 0 fully saturated rings. The standard InChI is InChI=1S/C21H22N2O3S/c1-3-23(15-21(24)22-19-10-6-7-16(2)13-19)27(25,26)20-12-11-17-8-4-5-9-18(17)14-20/h4-14H,3,15H2,1-2H3,(H,22,24). The molecule has 5 nitrogen and oxygen atoms in total. The summed E-state index contributed by atoms with van der Waals surface area (Å²) in [5, 5.41) is 4.57. The summed E-state index contributed by atoms with van der Waals surface area (Å²) < 4.78 is 27.2. The fraction of sp³-hybridized carbons (Fsp3) is 0.190. The van der Waals surface area contributed by atoms with Crippen LogP contribution in [0.3, 0.4) is 0 Å². The first kappa shape index (κ1) is 19.1. The van der Waals surface area contributed by atoms with Crippen LogP contribution in [0.5, 0.6) is 0 Å². The molecule has 6 heteroatoms. The van der Waals surface area contributed by atoms with Crippen LogP contribution >= 0.6 is 0 Å². The maximum absolute atomic E-state index is 13.0. The summed E-state index contributed by atoms with van der Waals surface area (Å²) in [5.74, 6) is -0.369. The Balaban J connectivity index is 1.81. The van der Waals surface area contributed by atoms with Gasteiger partial charge in [-0.25, -0.2) is 8.42 Å². The van der Waals surface area contributed by atoms with Gasteiger partial charge in [0.2, 0.25) is 15.9 Å². The first-order chi connectivity index (χ1) is 12.9. The molecule has 0 unspecified atom stereocenters. The van der Waals surface area contributed by atoms with Crippen LogP contribution in [0.4, 0.5) is 5.69 Å². The number of amides is 1. The van der Waals surface area contributed by atoms with Crippen LogP contribution in [0.1, 0.15) is 12.5 Å². The van der Waals surface area contributed by atoms with E-state index in [-0.39, 0.29) is 23.9 Å². The molecule has 140 valence electrons. The van der Waals surface area contributed by atoms with Crippen LogP contribution in [0.2, 0.25) is 0 Å². The molecule has 0 saturated heterocycles. The Labute approximate surface area is 159 Å². The van der Waals surface area contributed by atoms with Crippen molar-refractivity contribution in [3.05, 3.63) is 72.3 Å². The third-order valence-electron chi connectivity index (χ3n) is 4.33. The lowest BCUT2D eigenvalue weighted by atomic mass is 10.1. The minimum atomic E-state index is -3.77. The summed E-state index contributed by atoms with van der Waals surface area (Å²) >= 11 is 0. The third-order valence-corrected chi connectivity index (χ3v) is 6.25. The van der Waals surface area contributed by atoms with Crippen molar-refractivity contribution in [2.24, 2.45) is 0 Å². The molecule has 3 aromatic rings. The first-order valence-electron chi connectivity index (χ1n) is 8.75. The van der Waals surface area contributed by atoms with Crippen LogP contribution in [0, 0.1) is 6.92 Å². The highest BCUT2D eigenvalue weighted by Crippen LogP contribution is 2.22. The summed E-state index contributed by atoms with van der Waals surface area (Å²) in [4.78, 5) is 12.6. The molecule has 0 radical (unpaired) electrons. The monoisotopic (exact) mass is 382 g/mol. The molecule has 0 aliphatic heterocycles. The lowest BCUT2D eigenvalue weighted by molar-refractivity contribution is -0.116. The number of hydrogen-bond acceptors (Lipinski definition) is 3. The number of likely N-dealkylation sites (N-methyl/N-ethyl adjacent to an activating group) is 1. The Morgan fingerprint density at radius 1 is 0.963 bits per heavy atom. The van der Waals surface area contributed by atoms with Gasteiger partial charge in [-0.2, -0.15) is 4.31 Å². The van der Waals surface area contributed by atoms with Crippen molar-refractivity contribution >= 4 is 32.4 Å². The van der Waals surface area contributed by atoms with Crippen molar-refractivity contribution in [1.82, 2.24) is 4.31 Å². The Bertz CT molecular complexity index is 1080. The first-order valence-corrected chi connectivity index (χ1v) is 10.2. The summed E-state index contributed by atoms with van der Waals surface area (Å²) in [5.41, 5.74) is 1.67. The average molecular weight is 382 g/mol. The van der Waals surface area contributed by atoms with Gasteiger partial charge >= 0.3 is 0 Å². The van der Waals surface area contributed by atoms with Crippen LogP contribution in [0.15, 0.2) is 71.6 Å². The van der Waals surface area contributed by atoms with Gasteiger partial charge in [0.15, 0.2) is 0 Å². The second kappa shape index (κ2) is 7.90. The van der Waals surface area contributed by atoms with Gasteiger partial charge in [0.25, 0.3) is 0 Å². The lowest BCUT2D eigenvalue weighted by Crippen LogP contribution is -2.37. The molecule has 0 heterocycles. The molecule has 0 aromatic heterocycles. The normalized spacial score (nSPS) is 11.7. The number of aryl methyl sites for hydroxylation is 1. The maximum Gasteiger partial charge on any atom is 0.243 e. The fourth-order valence-corrected chi connectivity index (χ4v) is 4.37. The SMILES string of the molecule is CCN(CC(=O)Nc1cccc(C)c1)S(=O)(=O)c1ccc2ccccc2c1. The zero-order chi connectivity index (χ0) is 19.4. The van der Waals surface area contributed by atoms with E-state index in [0.29, 0.717) is 5.69 Å². The van der Waals surface area contributed by atoms with Gasteiger partial charge in [-0.1, -0.05) is 49.4 Å². The number of sulfonamides is 1. The van der Waals surface area contributed by atoms with Gasteiger partial charge in [0.05, 0.1) is 11.4 Å².